The Hall–Kier alpha value is -2.63. The van der Waals surface area contributed by atoms with Crippen LogP contribution in [0.15, 0.2) is 57.7 Å². The van der Waals surface area contributed by atoms with Crippen molar-refractivity contribution in [3.05, 3.63) is 69.9 Å². The Morgan fingerprint density at radius 3 is 2.70 bits per heavy atom. The van der Waals surface area contributed by atoms with Crippen molar-refractivity contribution in [3.63, 3.8) is 0 Å². The summed E-state index contributed by atoms with van der Waals surface area (Å²) in [5, 5.41) is 6.84. The van der Waals surface area contributed by atoms with Crippen LogP contribution < -0.4 is 16.1 Å². The quantitative estimate of drug-likeness (QED) is 0.637. The van der Waals surface area contributed by atoms with Gasteiger partial charge in [-0.2, -0.15) is 0 Å². The number of benzene rings is 2. The molecular weight excluding hydrogens is 400 g/mol. The van der Waals surface area contributed by atoms with E-state index in [1.54, 1.807) is 25.1 Å². The van der Waals surface area contributed by atoms with Crippen LogP contribution in [0.4, 0.5) is 0 Å². The van der Waals surface area contributed by atoms with Crippen LogP contribution in [-0.4, -0.2) is 25.5 Å². The third kappa shape index (κ3) is 4.58. The molecule has 0 saturated carbocycles. The zero-order chi connectivity index (χ0) is 20.2. The fourth-order valence-electron chi connectivity index (χ4n) is 4.01. The predicted molar refractivity (Wildman–Crippen MR) is 122 cm³/mol. The maximum atomic E-state index is 12.9. The topological polar surface area (TPSA) is 71.3 Å². The number of hydrogen-bond donors (Lipinski definition) is 2. The lowest BCUT2D eigenvalue weighted by atomic mass is 9.96. The third-order valence-electron chi connectivity index (χ3n) is 5.66. The van der Waals surface area contributed by atoms with E-state index in [9.17, 15) is 9.59 Å². The van der Waals surface area contributed by atoms with E-state index in [-0.39, 0.29) is 23.7 Å². The molecule has 1 aliphatic heterocycles. The number of piperidine rings is 1. The van der Waals surface area contributed by atoms with Crippen molar-refractivity contribution in [3.8, 4) is 11.3 Å². The van der Waals surface area contributed by atoms with Gasteiger partial charge in [-0.25, -0.2) is 0 Å². The molecule has 1 fully saturated rings. The average Bonchev–Trinajstić information content (AvgIpc) is 2.77. The Kier molecular flexibility index (Phi) is 7.29. The number of halogens is 1. The fraction of sp³-hybridized carbons (Fsp3) is 0.333. The van der Waals surface area contributed by atoms with E-state index in [2.05, 4.69) is 10.6 Å². The van der Waals surface area contributed by atoms with Gasteiger partial charge in [-0.1, -0.05) is 36.4 Å². The SMILES string of the molecule is Cc1c(-c2ccccc2)oc2c(C(=O)NCCC3CCCNC3)cccc2c1=O.Cl. The summed E-state index contributed by atoms with van der Waals surface area (Å²) < 4.78 is 6.14. The molecule has 2 N–H and O–H groups in total. The predicted octanol–water partition coefficient (Wildman–Crippen LogP) is 4.31. The molecule has 6 heteroatoms. The number of carbonyl (C=O) groups excluding carboxylic acids is 1. The summed E-state index contributed by atoms with van der Waals surface area (Å²) in [5.74, 6) is 0.906. The van der Waals surface area contributed by atoms with E-state index in [0.717, 1.165) is 25.1 Å². The number of para-hydroxylation sites is 1. The Morgan fingerprint density at radius 2 is 1.97 bits per heavy atom. The van der Waals surface area contributed by atoms with Crippen LogP contribution in [0.3, 0.4) is 0 Å². The van der Waals surface area contributed by atoms with E-state index in [4.69, 9.17) is 4.42 Å². The van der Waals surface area contributed by atoms with Gasteiger partial charge in [0.2, 0.25) is 0 Å². The Balaban J connectivity index is 0.00000256. The molecular formula is C24H27ClN2O3. The first-order valence-electron chi connectivity index (χ1n) is 10.3. The van der Waals surface area contributed by atoms with Gasteiger partial charge in [0.1, 0.15) is 5.76 Å². The van der Waals surface area contributed by atoms with Crippen LogP contribution >= 0.6 is 12.4 Å². The fourth-order valence-corrected chi connectivity index (χ4v) is 4.01. The summed E-state index contributed by atoms with van der Waals surface area (Å²) in [7, 11) is 0. The van der Waals surface area contributed by atoms with Crippen LogP contribution in [0.5, 0.6) is 0 Å². The van der Waals surface area contributed by atoms with Crippen LogP contribution in [0, 0.1) is 12.8 Å². The minimum Gasteiger partial charge on any atom is -0.455 e. The van der Waals surface area contributed by atoms with Gasteiger partial charge in [0, 0.05) is 17.7 Å². The van der Waals surface area contributed by atoms with Crippen LogP contribution in [-0.2, 0) is 0 Å². The van der Waals surface area contributed by atoms with E-state index < -0.39 is 0 Å². The molecule has 1 aliphatic rings. The third-order valence-corrected chi connectivity index (χ3v) is 5.66. The highest BCUT2D eigenvalue weighted by Gasteiger charge is 2.19. The van der Waals surface area contributed by atoms with E-state index in [1.807, 2.05) is 30.3 Å². The van der Waals surface area contributed by atoms with Crippen LogP contribution in [0.25, 0.3) is 22.3 Å². The second-order valence-electron chi connectivity index (χ2n) is 7.69. The van der Waals surface area contributed by atoms with E-state index in [1.165, 1.54) is 12.8 Å². The van der Waals surface area contributed by atoms with Gasteiger partial charge < -0.3 is 15.1 Å². The Labute approximate surface area is 182 Å². The van der Waals surface area contributed by atoms with E-state index in [0.29, 0.717) is 40.3 Å². The number of hydrogen-bond acceptors (Lipinski definition) is 4. The number of fused-ring (bicyclic) bond motifs is 1. The van der Waals surface area contributed by atoms with Crippen molar-refractivity contribution < 1.29 is 9.21 Å². The minimum absolute atomic E-state index is 0. The molecule has 1 atom stereocenters. The zero-order valence-electron chi connectivity index (χ0n) is 17.1. The van der Waals surface area contributed by atoms with Gasteiger partial charge in [-0.05, 0) is 57.3 Å². The van der Waals surface area contributed by atoms with Gasteiger partial charge in [-0.3, -0.25) is 9.59 Å². The lowest BCUT2D eigenvalue weighted by Gasteiger charge is -2.22. The normalized spacial score (nSPS) is 16.1. The summed E-state index contributed by atoms with van der Waals surface area (Å²) in [4.78, 5) is 25.8. The molecule has 2 heterocycles. The molecule has 158 valence electrons. The molecule has 1 saturated heterocycles. The first-order chi connectivity index (χ1) is 14.1. The lowest BCUT2D eigenvalue weighted by Crippen LogP contribution is -2.33. The summed E-state index contributed by atoms with van der Waals surface area (Å²) in [6.07, 6.45) is 3.34. The highest BCUT2D eigenvalue weighted by molar-refractivity contribution is 6.05. The van der Waals surface area contributed by atoms with Crippen molar-refractivity contribution in [2.24, 2.45) is 5.92 Å². The van der Waals surface area contributed by atoms with Crippen molar-refractivity contribution in [1.82, 2.24) is 10.6 Å². The molecule has 2 aromatic carbocycles. The molecule has 1 aromatic heterocycles. The van der Waals surface area contributed by atoms with Crippen LogP contribution in [0.1, 0.15) is 35.2 Å². The molecule has 1 unspecified atom stereocenters. The highest BCUT2D eigenvalue weighted by atomic mass is 35.5. The maximum Gasteiger partial charge on any atom is 0.255 e. The summed E-state index contributed by atoms with van der Waals surface area (Å²) in [6, 6.07) is 14.7. The summed E-state index contributed by atoms with van der Waals surface area (Å²) in [6.45, 7) is 4.47. The van der Waals surface area contributed by atoms with E-state index >= 15 is 0 Å². The molecule has 0 spiro atoms. The average molecular weight is 427 g/mol. The molecule has 0 bridgehead atoms. The first kappa shape index (κ1) is 22.1. The standard InChI is InChI=1S/C24H26N2O3.ClH/c1-16-21(27)19-10-5-11-20(23(19)29-22(16)18-8-3-2-4-9-18)24(28)26-14-12-17-7-6-13-25-15-17;/h2-5,8-11,17,25H,6-7,12-15H2,1H3,(H,26,28);1H. The molecule has 5 nitrogen and oxygen atoms in total. The molecule has 1 amide bonds. The second-order valence-corrected chi connectivity index (χ2v) is 7.69. The van der Waals surface area contributed by atoms with Gasteiger partial charge in [-0.15, -0.1) is 12.4 Å². The first-order valence-corrected chi connectivity index (χ1v) is 10.3. The lowest BCUT2D eigenvalue weighted by molar-refractivity contribution is 0.0951. The smallest absolute Gasteiger partial charge is 0.255 e. The molecule has 3 aromatic rings. The number of carbonyl (C=O) groups is 1. The molecule has 0 radical (unpaired) electrons. The van der Waals surface area contributed by atoms with Gasteiger partial charge in [0.15, 0.2) is 11.0 Å². The van der Waals surface area contributed by atoms with Crippen LogP contribution in [0.2, 0.25) is 0 Å². The van der Waals surface area contributed by atoms with Gasteiger partial charge >= 0.3 is 0 Å². The van der Waals surface area contributed by atoms with Crippen molar-refractivity contribution >= 4 is 29.3 Å². The Morgan fingerprint density at radius 1 is 1.17 bits per heavy atom. The minimum atomic E-state index is -0.203. The summed E-state index contributed by atoms with van der Waals surface area (Å²) in [5.41, 5.74) is 2.01. The van der Waals surface area contributed by atoms with Crippen molar-refractivity contribution in [2.75, 3.05) is 19.6 Å². The van der Waals surface area contributed by atoms with Crippen molar-refractivity contribution in [2.45, 2.75) is 26.2 Å². The van der Waals surface area contributed by atoms with Crippen molar-refractivity contribution in [1.29, 1.82) is 0 Å². The van der Waals surface area contributed by atoms with Gasteiger partial charge in [0.25, 0.3) is 5.91 Å². The molecule has 30 heavy (non-hydrogen) atoms. The number of amides is 1. The van der Waals surface area contributed by atoms with Gasteiger partial charge in [0.05, 0.1) is 10.9 Å². The molecule has 0 aliphatic carbocycles. The number of rotatable bonds is 5. The summed E-state index contributed by atoms with van der Waals surface area (Å²) >= 11 is 0. The largest absolute Gasteiger partial charge is 0.455 e. The zero-order valence-corrected chi connectivity index (χ0v) is 17.9. The second kappa shape index (κ2) is 9.92. The highest BCUT2D eigenvalue weighted by Crippen LogP contribution is 2.27. The monoisotopic (exact) mass is 426 g/mol. The Bertz CT molecular complexity index is 1070. The maximum absolute atomic E-state index is 12.9. The molecule has 4 rings (SSSR count). The number of nitrogens with one attached hydrogen (secondary N) is 2.